The van der Waals surface area contributed by atoms with Crippen LogP contribution in [0.4, 0.5) is 0 Å². The molecule has 0 heterocycles. The molecular formula is C2H6NO4PS. The van der Waals surface area contributed by atoms with Gasteiger partial charge in [-0.3, -0.25) is 10.0 Å². The summed E-state index contributed by atoms with van der Waals surface area (Å²) in [5, 5.41) is 7.85. The van der Waals surface area contributed by atoms with Crippen molar-refractivity contribution in [3.8, 4) is 0 Å². The average molecular weight is 171 g/mol. The minimum absolute atomic E-state index is 0.612. The van der Waals surface area contributed by atoms with Gasteiger partial charge in [-0.15, -0.1) is 0 Å². The van der Waals surface area contributed by atoms with E-state index < -0.39 is 18.6 Å². The van der Waals surface area contributed by atoms with Gasteiger partial charge in [-0.2, -0.15) is 0 Å². The van der Waals surface area contributed by atoms with Crippen molar-refractivity contribution in [2.45, 2.75) is 0 Å². The summed E-state index contributed by atoms with van der Waals surface area (Å²) < 4.78 is 0. The number of nitrogens with one attached hydrogen (secondary N) is 1. The molecule has 0 aliphatic rings. The van der Waals surface area contributed by atoms with Gasteiger partial charge in [0, 0.05) is 0 Å². The molecule has 0 aromatic carbocycles. The first kappa shape index (κ1) is 9.00. The van der Waals surface area contributed by atoms with Gasteiger partial charge >= 0.3 is 0 Å². The minimum Gasteiger partial charge on any atom is -0.345 e. The monoisotopic (exact) mass is 171 g/mol. The van der Waals surface area contributed by atoms with Crippen LogP contribution in [0.5, 0.6) is 0 Å². The second-order valence-corrected chi connectivity index (χ2v) is 4.76. The first-order chi connectivity index (χ1) is 3.95. The molecule has 0 saturated heterocycles. The zero-order valence-electron chi connectivity index (χ0n) is 4.31. The Balaban J connectivity index is 3.75. The van der Waals surface area contributed by atoms with Gasteiger partial charge in [0.15, 0.2) is 6.49 Å². The highest BCUT2D eigenvalue weighted by molar-refractivity contribution is 8.09. The molecule has 0 aliphatic heterocycles. The quantitative estimate of drug-likeness (QED) is 0.238. The molecular weight excluding hydrogens is 165 g/mol. The Kier molecular flexibility index (Phi) is 3.24. The highest BCUT2D eigenvalue weighted by Gasteiger charge is 2.12. The second kappa shape index (κ2) is 3.24. The van der Waals surface area contributed by atoms with Gasteiger partial charge in [0.25, 0.3) is 5.91 Å². The Morgan fingerprint density at radius 1 is 1.67 bits per heavy atom. The third-order valence-corrected chi connectivity index (χ3v) is 1.56. The zero-order chi connectivity index (χ0) is 7.49. The van der Waals surface area contributed by atoms with Crippen molar-refractivity contribution in [1.29, 1.82) is 0 Å². The second-order valence-electron chi connectivity index (χ2n) is 1.36. The van der Waals surface area contributed by atoms with Gasteiger partial charge in [-0.05, 0) is 11.8 Å². The topological polar surface area (TPSA) is 89.8 Å². The van der Waals surface area contributed by atoms with Gasteiger partial charge in [-0.1, -0.05) is 0 Å². The fourth-order valence-electron chi connectivity index (χ4n) is 0.222. The molecule has 0 spiro atoms. The Hall–Kier alpha value is -0.0000000000000000208. The van der Waals surface area contributed by atoms with Gasteiger partial charge in [0.05, 0.1) is 0 Å². The lowest BCUT2D eigenvalue weighted by atomic mass is 10.8. The van der Waals surface area contributed by atoms with Crippen molar-refractivity contribution in [3.05, 3.63) is 0 Å². The SMILES string of the molecule is O=C(CP(O)(O)=S)NO. The van der Waals surface area contributed by atoms with Gasteiger partial charge < -0.3 is 9.79 Å². The first-order valence-corrected chi connectivity index (χ1v) is 4.82. The summed E-state index contributed by atoms with van der Waals surface area (Å²) in [5.74, 6) is -0.886. The molecule has 1 amide bonds. The third kappa shape index (κ3) is 5.88. The molecule has 0 atom stereocenters. The molecule has 9 heavy (non-hydrogen) atoms. The van der Waals surface area contributed by atoms with Crippen LogP contribution >= 0.6 is 6.49 Å². The highest BCUT2D eigenvalue weighted by Crippen LogP contribution is 2.33. The van der Waals surface area contributed by atoms with Crippen LogP contribution in [0, 0.1) is 0 Å². The molecule has 0 saturated carbocycles. The summed E-state index contributed by atoms with van der Waals surface area (Å²) in [6, 6.07) is 0. The van der Waals surface area contributed by atoms with Gasteiger partial charge in [0.2, 0.25) is 0 Å². The molecule has 7 heteroatoms. The van der Waals surface area contributed by atoms with Crippen molar-refractivity contribution in [3.63, 3.8) is 0 Å². The van der Waals surface area contributed by atoms with E-state index in [1.54, 1.807) is 0 Å². The summed E-state index contributed by atoms with van der Waals surface area (Å²) in [6.45, 7) is -3.48. The Labute approximate surface area is 56.4 Å². The normalized spacial score (nSPS) is 11.0. The molecule has 0 aromatic rings. The number of carbonyl (C=O) groups is 1. The molecule has 0 radical (unpaired) electrons. The van der Waals surface area contributed by atoms with Crippen LogP contribution in [-0.2, 0) is 16.6 Å². The lowest BCUT2D eigenvalue weighted by molar-refractivity contribution is -0.126. The van der Waals surface area contributed by atoms with Crippen molar-refractivity contribution >= 4 is 24.2 Å². The molecule has 0 unspecified atom stereocenters. The smallest absolute Gasteiger partial charge is 0.252 e. The standard InChI is InChI=1S/C2H6NO4PS/c4-2(3-5)1-8(6,7)9/h5H,1H2,(H,3,4)(H2,6,7,9). The summed E-state index contributed by atoms with van der Waals surface area (Å²) in [5.41, 5.74) is 1.22. The fourth-order valence-corrected chi connectivity index (χ4v) is 1.02. The molecule has 0 aromatic heterocycles. The van der Waals surface area contributed by atoms with E-state index in [0.717, 1.165) is 0 Å². The highest BCUT2D eigenvalue weighted by atomic mass is 32.5. The van der Waals surface area contributed by atoms with E-state index >= 15 is 0 Å². The zero-order valence-corrected chi connectivity index (χ0v) is 6.02. The van der Waals surface area contributed by atoms with Crippen LogP contribution in [-0.4, -0.2) is 27.1 Å². The van der Waals surface area contributed by atoms with E-state index in [9.17, 15) is 4.79 Å². The van der Waals surface area contributed by atoms with E-state index in [4.69, 9.17) is 15.0 Å². The average Bonchev–Trinajstić information content (AvgIpc) is 1.62. The summed E-state index contributed by atoms with van der Waals surface area (Å²) >= 11 is 4.08. The first-order valence-electron chi connectivity index (χ1n) is 1.93. The predicted octanol–water partition coefficient (Wildman–Crippen LogP) is -1.21. The maximum absolute atomic E-state index is 10.1. The summed E-state index contributed by atoms with van der Waals surface area (Å²) in [7, 11) is 0. The number of hydrogen-bond donors (Lipinski definition) is 4. The fraction of sp³-hybridized carbons (Fsp3) is 0.500. The van der Waals surface area contributed by atoms with E-state index in [-0.39, 0.29) is 0 Å². The number of hydrogen-bond acceptors (Lipinski definition) is 3. The Bertz CT molecular complexity index is 153. The lowest BCUT2D eigenvalue weighted by Gasteiger charge is -2.03. The van der Waals surface area contributed by atoms with Gasteiger partial charge in [0.1, 0.15) is 6.16 Å². The van der Waals surface area contributed by atoms with Crippen LogP contribution in [0.3, 0.4) is 0 Å². The van der Waals surface area contributed by atoms with Crippen LogP contribution in [0.2, 0.25) is 0 Å². The molecule has 0 fully saturated rings. The maximum Gasteiger partial charge on any atom is 0.252 e. The number of rotatable bonds is 2. The van der Waals surface area contributed by atoms with Crippen molar-refractivity contribution < 1.29 is 19.8 Å². The summed E-state index contributed by atoms with van der Waals surface area (Å²) in [6.07, 6.45) is -0.612. The van der Waals surface area contributed by atoms with E-state index in [1.807, 2.05) is 0 Å². The minimum atomic E-state index is -3.48. The Morgan fingerprint density at radius 3 is 2.22 bits per heavy atom. The molecule has 0 aliphatic carbocycles. The molecule has 0 bridgehead atoms. The molecule has 54 valence electrons. The van der Waals surface area contributed by atoms with Crippen LogP contribution < -0.4 is 5.48 Å². The maximum atomic E-state index is 10.1. The number of carbonyl (C=O) groups excluding carboxylic acids is 1. The van der Waals surface area contributed by atoms with Crippen molar-refractivity contribution in [2.75, 3.05) is 6.16 Å². The third-order valence-electron chi connectivity index (χ3n) is 0.474. The molecule has 4 N–H and O–H groups in total. The van der Waals surface area contributed by atoms with Crippen LogP contribution in [0.15, 0.2) is 0 Å². The number of hydroxylamine groups is 1. The largest absolute Gasteiger partial charge is 0.345 e. The Morgan fingerprint density at radius 2 is 2.11 bits per heavy atom. The number of amides is 1. The lowest BCUT2D eigenvalue weighted by Crippen LogP contribution is -2.22. The molecule has 0 rings (SSSR count). The van der Waals surface area contributed by atoms with E-state index in [2.05, 4.69) is 11.8 Å². The van der Waals surface area contributed by atoms with Crippen LogP contribution in [0.1, 0.15) is 0 Å². The summed E-state index contributed by atoms with van der Waals surface area (Å²) in [4.78, 5) is 27.0. The molecule has 5 nitrogen and oxygen atoms in total. The van der Waals surface area contributed by atoms with Gasteiger partial charge in [-0.25, -0.2) is 5.48 Å². The van der Waals surface area contributed by atoms with E-state index in [0.29, 0.717) is 0 Å². The van der Waals surface area contributed by atoms with E-state index in [1.165, 1.54) is 5.48 Å². The van der Waals surface area contributed by atoms with Crippen molar-refractivity contribution in [1.82, 2.24) is 5.48 Å². The predicted molar refractivity (Wildman–Crippen MR) is 33.5 cm³/mol. The van der Waals surface area contributed by atoms with Crippen LogP contribution in [0.25, 0.3) is 0 Å². The van der Waals surface area contributed by atoms with Crippen molar-refractivity contribution in [2.24, 2.45) is 0 Å².